The van der Waals surface area contributed by atoms with Crippen molar-refractivity contribution in [3.63, 3.8) is 0 Å². The molecule has 0 saturated heterocycles. The van der Waals surface area contributed by atoms with Crippen LogP contribution in [-0.4, -0.2) is 32.9 Å². The van der Waals surface area contributed by atoms with Crippen LogP contribution in [0, 0.1) is 0 Å². The maximum absolute atomic E-state index is 11.9. The minimum atomic E-state index is -0.445. The molecule has 116 valence electrons. The molecule has 1 amide bonds. The largest absolute Gasteiger partial charge is 0.349 e. The Morgan fingerprint density at radius 3 is 2.67 bits per heavy atom. The van der Waals surface area contributed by atoms with E-state index >= 15 is 0 Å². The lowest BCUT2D eigenvalue weighted by atomic mass is 10.1. The van der Waals surface area contributed by atoms with Crippen molar-refractivity contribution in [2.24, 2.45) is 5.73 Å². The zero-order valence-corrected chi connectivity index (χ0v) is 14.0. The number of nitrogens with zero attached hydrogens (tertiary/aromatic N) is 3. The van der Waals surface area contributed by atoms with E-state index in [0.717, 1.165) is 0 Å². The van der Waals surface area contributed by atoms with E-state index in [2.05, 4.69) is 20.3 Å². The second-order valence-electron chi connectivity index (χ2n) is 4.80. The first-order valence-corrected chi connectivity index (χ1v) is 6.63. The van der Waals surface area contributed by atoms with E-state index in [1.54, 1.807) is 24.0 Å². The van der Waals surface area contributed by atoms with Crippen LogP contribution in [-0.2, 0) is 0 Å². The van der Waals surface area contributed by atoms with Gasteiger partial charge < -0.3 is 11.1 Å². The fraction of sp³-hybridized carbons (Fsp3) is 0.333. The van der Waals surface area contributed by atoms with Crippen molar-refractivity contribution in [1.29, 1.82) is 0 Å². The third-order valence-electron chi connectivity index (χ3n) is 2.22. The van der Waals surface area contributed by atoms with Gasteiger partial charge in [0.05, 0.1) is 6.20 Å². The highest BCUT2D eigenvalue weighted by Crippen LogP contribution is 2.20. The highest BCUT2D eigenvalue weighted by atomic mass is 35.5. The molecule has 2 heterocycles. The van der Waals surface area contributed by atoms with Gasteiger partial charge in [0, 0.05) is 29.9 Å². The van der Waals surface area contributed by atoms with E-state index in [1.807, 2.05) is 13.8 Å². The molecule has 2 aromatic rings. The molecule has 0 aromatic carbocycles. The fourth-order valence-electron chi connectivity index (χ4n) is 1.30. The van der Waals surface area contributed by atoms with Crippen LogP contribution in [0.1, 0.15) is 24.3 Å². The van der Waals surface area contributed by atoms with Crippen LogP contribution in [0.4, 0.5) is 0 Å². The molecule has 0 atom stereocenters. The number of carbonyl (C=O) groups is 1. The summed E-state index contributed by atoms with van der Waals surface area (Å²) in [6.45, 7) is 4.09. The molecule has 9 heteroatoms. The first kappa shape index (κ1) is 19.7. The van der Waals surface area contributed by atoms with Gasteiger partial charge in [0.25, 0.3) is 5.91 Å². The van der Waals surface area contributed by atoms with Crippen LogP contribution in [0.2, 0.25) is 0 Å². The van der Waals surface area contributed by atoms with Gasteiger partial charge in [-0.05, 0) is 13.8 Å². The standard InChI is InChI=1S/C12H15N5OS.2ClH/c1-12(2,13)7-16-10(18)9-6-19-11(17-9)8-5-14-3-4-15-8;;/h3-6H,7,13H2,1-2H3,(H,16,18);2*1H. The van der Waals surface area contributed by atoms with Gasteiger partial charge in [-0.15, -0.1) is 36.2 Å². The number of nitrogens with two attached hydrogens (primary N) is 1. The van der Waals surface area contributed by atoms with Gasteiger partial charge >= 0.3 is 0 Å². The van der Waals surface area contributed by atoms with Crippen molar-refractivity contribution in [3.8, 4) is 10.7 Å². The lowest BCUT2D eigenvalue weighted by Gasteiger charge is -2.18. The molecule has 0 fully saturated rings. The lowest BCUT2D eigenvalue weighted by molar-refractivity contribution is 0.0942. The Morgan fingerprint density at radius 2 is 2.10 bits per heavy atom. The zero-order chi connectivity index (χ0) is 13.9. The predicted molar refractivity (Wildman–Crippen MR) is 88.2 cm³/mol. The summed E-state index contributed by atoms with van der Waals surface area (Å²) in [5, 5.41) is 5.12. The third-order valence-corrected chi connectivity index (χ3v) is 3.09. The molecule has 0 bridgehead atoms. The highest BCUT2D eigenvalue weighted by molar-refractivity contribution is 7.13. The van der Waals surface area contributed by atoms with Crippen molar-refractivity contribution in [2.45, 2.75) is 19.4 Å². The molecule has 6 nitrogen and oxygen atoms in total. The van der Waals surface area contributed by atoms with Gasteiger partial charge in [0.2, 0.25) is 0 Å². The minimum absolute atomic E-state index is 0. The average Bonchev–Trinajstić information content (AvgIpc) is 2.86. The number of amides is 1. The molecule has 2 aromatic heterocycles. The summed E-state index contributed by atoms with van der Waals surface area (Å²) in [4.78, 5) is 24.2. The van der Waals surface area contributed by atoms with Gasteiger partial charge in [0.1, 0.15) is 16.4 Å². The number of hydrogen-bond acceptors (Lipinski definition) is 6. The maximum atomic E-state index is 11.9. The van der Waals surface area contributed by atoms with Crippen molar-refractivity contribution >= 4 is 42.1 Å². The molecule has 0 unspecified atom stereocenters. The lowest BCUT2D eigenvalue weighted by Crippen LogP contribution is -2.45. The summed E-state index contributed by atoms with van der Waals surface area (Å²) in [6.07, 6.45) is 4.80. The zero-order valence-electron chi connectivity index (χ0n) is 11.6. The number of hydrogen-bond donors (Lipinski definition) is 2. The summed E-state index contributed by atoms with van der Waals surface area (Å²) < 4.78 is 0. The summed E-state index contributed by atoms with van der Waals surface area (Å²) >= 11 is 1.36. The Hall–Kier alpha value is -1.28. The van der Waals surface area contributed by atoms with Crippen molar-refractivity contribution in [1.82, 2.24) is 20.3 Å². The predicted octanol–water partition coefficient (Wildman–Crippen LogP) is 1.91. The Labute approximate surface area is 139 Å². The van der Waals surface area contributed by atoms with Gasteiger partial charge in [-0.1, -0.05) is 0 Å². The molecule has 0 aliphatic carbocycles. The summed E-state index contributed by atoms with van der Waals surface area (Å²) in [7, 11) is 0. The van der Waals surface area contributed by atoms with Crippen molar-refractivity contribution < 1.29 is 4.79 Å². The molecule has 3 N–H and O–H groups in total. The Balaban J connectivity index is 0.00000200. The second-order valence-corrected chi connectivity index (χ2v) is 5.66. The molecule has 2 rings (SSSR count). The Bertz CT molecular complexity index is 571. The Morgan fingerprint density at radius 1 is 1.38 bits per heavy atom. The maximum Gasteiger partial charge on any atom is 0.270 e. The van der Waals surface area contributed by atoms with Crippen LogP contribution in [0.25, 0.3) is 10.7 Å². The molecular weight excluding hydrogens is 333 g/mol. The normalized spacial score (nSPS) is 10.2. The van der Waals surface area contributed by atoms with Crippen molar-refractivity contribution in [2.75, 3.05) is 6.54 Å². The van der Waals surface area contributed by atoms with Crippen LogP contribution < -0.4 is 11.1 Å². The van der Waals surface area contributed by atoms with Gasteiger partial charge in [-0.25, -0.2) is 4.98 Å². The van der Waals surface area contributed by atoms with Gasteiger partial charge in [-0.3, -0.25) is 14.8 Å². The minimum Gasteiger partial charge on any atom is -0.349 e. The van der Waals surface area contributed by atoms with E-state index in [9.17, 15) is 4.79 Å². The topological polar surface area (TPSA) is 93.8 Å². The molecule has 0 aliphatic heterocycles. The number of rotatable bonds is 4. The Kier molecular flexibility index (Phi) is 7.73. The van der Waals surface area contributed by atoms with E-state index in [-0.39, 0.29) is 30.7 Å². The van der Waals surface area contributed by atoms with Crippen LogP contribution in [0.3, 0.4) is 0 Å². The van der Waals surface area contributed by atoms with E-state index in [4.69, 9.17) is 5.73 Å². The quantitative estimate of drug-likeness (QED) is 0.879. The molecule has 0 saturated carbocycles. The SMILES string of the molecule is CC(C)(N)CNC(=O)c1csc(-c2cnccn2)n1.Cl.Cl. The van der Waals surface area contributed by atoms with Crippen LogP contribution in [0.15, 0.2) is 24.0 Å². The number of thiazole rings is 1. The highest BCUT2D eigenvalue weighted by Gasteiger charge is 2.16. The van der Waals surface area contributed by atoms with E-state index < -0.39 is 5.54 Å². The number of carbonyl (C=O) groups excluding carboxylic acids is 1. The molecule has 21 heavy (non-hydrogen) atoms. The van der Waals surface area contributed by atoms with E-state index in [0.29, 0.717) is 22.9 Å². The van der Waals surface area contributed by atoms with Crippen molar-refractivity contribution in [3.05, 3.63) is 29.7 Å². The first-order chi connectivity index (χ1) is 8.96. The molecule has 0 aliphatic rings. The summed E-state index contributed by atoms with van der Waals surface area (Å²) in [5.41, 5.74) is 6.39. The van der Waals surface area contributed by atoms with Gasteiger partial charge in [0.15, 0.2) is 0 Å². The van der Waals surface area contributed by atoms with Crippen LogP contribution in [0.5, 0.6) is 0 Å². The first-order valence-electron chi connectivity index (χ1n) is 5.75. The fourth-order valence-corrected chi connectivity index (χ4v) is 2.06. The van der Waals surface area contributed by atoms with Crippen LogP contribution >= 0.6 is 36.2 Å². The number of aromatic nitrogens is 3. The van der Waals surface area contributed by atoms with E-state index in [1.165, 1.54) is 11.3 Å². The smallest absolute Gasteiger partial charge is 0.270 e. The number of halogens is 2. The second kappa shape index (κ2) is 8.23. The summed E-state index contributed by atoms with van der Waals surface area (Å²) in [5.74, 6) is -0.232. The monoisotopic (exact) mass is 349 g/mol. The molecule has 0 spiro atoms. The number of nitrogens with one attached hydrogen (secondary N) is 1. The third kappa shape index (κ3) is 5.92. The molecular formula is C12H17Cl2N5OS. The van der Waals surface area contributed by atoms with Gasteiger partial charge in [-0.2, -0.15) is 0 Å². The average molecular weight is 350 g/mol. The molecule has 0 radical (unpaired) electrons. The summed E-state index contributed by atoms with van der Waals surface area (Å²) in [6, 6.07) is 0.